The molecule has 4 rings (SSSR count). The monoisotopic (exact) mass is 400 g/mol. The molecule has 2 aromatic rings. The number of carbonyl (C=O) groups excluding carboxylic acids is 2. The number of thiophene rings is 1. The average molecular weight is 401 g/mol. The van der Waals surface area contributed by atoms with E-state index in [-0.39, 0.29) is 17.9 Å². The number of nitrogens with one attached hydrogen (secondary N) is 1. The number of rotatable bonds is 6. The Balaban J connectivity index is 1.30. The van der Waals surface area contributed by atoms with Gasteiger partial charge >= 0.3 is 0 Å². The van der Waals surface area contributed by atoms with Crippen LogP contribution < -0.4 is 14.8 Å². The highest BCUT2D eigenvalue weighted by Crippen LogP contribution is 2.38. The second-order valence-electron chi connectivity index (χ2n) is 7.02. The maximum atomic E-state index is 12.8. The number of hydrogen-bond acceptors (Lipinski definition) is 5. The van der Waals surface area contributed by atoms with Crippen molar-refractivity contribution in [3.63, 3.8) is 0 Å². The number of carbonyl (C=O) groups is 2. The van der Waals surface area contributed by atoms with E-state index in [1.165, 1.54) is 11.3 Å². The maximum Gasteiger partial charge on any atom is 0.252 e. The topological polar surface area (TPSA) is 67.9 Å². The first kappa shape index (κ1) is 18.8. The molecule has 0 spiro atoms. The lowest BCUT2D eigenvalue weighted by molar-refractivity contribution is -0.132. The van der Waals surface area contributed by atoms with Gasteiger partial charge in [0.1, 0.15) is 13.2 Å². The van der Waals surface area contributed by atoms with Crippen molar-refractivity contribution in [3.8, 4) is 11.5 Å². The molecule has 0 radical (unpaired) electrons. The van der Waals surface area contributed by atoms with Crippen LogP contribution in [0.1, 0.15) is 47.6 Å². The largest absolute Gasteiger partial charge is 0.486 e. The van der Waals surface area contributed by atoms with Crippen LogP contribution in [0.4, 0.5) is 0 Å². The fourth-order valence-electron chi connectivity index (χ4n) is 3.76. The molecule has 1 atom stereocenters. The molecule has 1 N–H and O–H groups in total. The minimum Gasteiger partial charge on any atom is -0.486 e. The van der Waals surface area contributed by atoms with Gasteiger partial charge in [-0.3, -0.25) is 9.59 Å². The van der Waals surface area contributed by atoms with Gasteiger partial charge in [-0.1, -0.05) is 6.07 Å². The standard InChI is InChI=1S/C21H24N2O4S/c24-20(4-1-8-22-21(25)16-7-12-28-14-16)23-9-2-3-17(23)15-5-6-18-19(13-15)27-11-10-26-18/h5-7,12-14,17H,1-4,8-11H2,(H,22,25). The summed E-state index contributed by atoms with van der Waals surface area (Å²) < 4.78 is 11.3. The zero-order valence-electron chi connectivity index (χ0n) is 15.7. The van der Waals surface area contributed by atoms with Gasteiger partial charge in [0.25, 0.3) is 5.91 Å². The van der Waals surface area contributed by atoms with E-state index >= 15 is 0 Å². The molecule has 2 aliphatic rings. The maximum absolute atomic E-state index is 12.8. The van der Waals surface area contributed by atoms with E-state index in [1.807, 2.05) is 33.9 Å². The highest BCUT2D eigenvalue weighted by molar-refractivity contribution is 7.08. The Bertz CT molecular complexity index is 837. The van der Waals surface area contributed by atoms with Crippen LogP contribution in [-0.4, -0.2) is 43.0 Å². The van der Waals surface area contributed by atoms with Crippen LogP contribution in [-0.2, 0) is 4.79 Å². The van der Waals surface area contributed by atoms with Crippen LogP contribution in [0.2, 0.25) is 0 Å². The number of amides is 2. The van der Waals surface area contributed by atoms with Crippen molar-refractivity contribution in [1.29, 1.82) is 0 Å². The van der Waals surface area contributed by atoms with Gasteiger partial charge in [0.2, 0.25) is 5.91 Å². The molecule has 2 aliphatic heterocycles. The van der Waals surface area contributed by atoms with Crippen LogP contribution in [0.15, 0.2) is 35.0 Å². The van der Waals surface area contributed by atoms with Crippen molar-refractivity contribution in [2.75, 3.05) is 26.3 Å². The SMILES string of the molecule is O=C(NCCCC(=O)N1CCCC1c1ccc2c(c1)OCCO2)c1ccsc1. The molecule has 7 heteroatoms. The molecule has 148 valence electrons. The van der Waals surface area contributed by atoms with E-state index in [2.05, 4.69) is 5.32 Å². The average Bonchev–Trinajstić information content (AvgIpc) is 3.42. The molecule has 2 amide bonds. The summed E-state index contributed by atoms with van der Waals surface area (Å²) >= 11 is 1.50. The van der Waals surface area contributed by atoms with Gasteiger partial charge in [-0.05, 0) is 48.4 Å². The molecule has 0 aliphatic carbocycles. The summed E-state index contributed by atoms with van der Waals surface area (Å²) in [6.07, 6.45) is 3.03. The van der Waals surface area contributed by atoms with E-state index in [9.17, 15) is 9.59 Å². The predicted octanol–water partition coefficient (Wildman–Crippen LogP) is 3.39. The number of benzene rings is 1. The molecule has 1 unspecified atom stereocenters. The Kier molecular flexibility index (Phi) is 5.81. The van der Waals surface area contributed by atoms with E-state index < -0.39 is 0 Å². The Labute approximate surface area is 168 Å². The van der Waals surface area contributed by atoms with Crippen LogP contribution in [0.3, 0.4) is 0 Å². The molecule has 0 saturated carbocycles. The Morgan fingerprint density at radius 2 is 2.04 bits per heavy atom. The third-order valence-corrected chi connectivity index (χ3v) is 5.84. The molecule has 1 aromatic carbocycles. The van der Waals surface area contributed by atoms with Crippen LogP contribution in [0.5, 0.6) is 11.5 Å². The lowest BCUT2D eigenvalue weighted by Gasteiger charge is -2.27. The summed E-state index contributed by atoms with van der Waals surface area (Å²) in [5.41, 5.74) is 1.77. The van der Waals surface area contributed by atoms with Crippen LogP contribution >= 0.6 is 11.3 Å². The molecule has 1 fully saturated rings. The summed E-state index contributed by atoms with van der Waals surface area (Å²) in [4.78, 5) is 26.7. The second-order valence-corrected chi connectivity index (χ2v) is 7.80. The molecular formula is C21H24N2O4S. The molecule has 6 nitrogen and oxygen atoms in total. The summed E-state index contributed by atoms with van der Waals surface area (Å²) in [7, 11) is 0. The van der Waals surface area contributed by atoms with Crippen molar-refractivity contribution >= 4 is 23.2 Å². The Morgan fingerprint density at radius 3 is 2.86 bits per heavy atom. The van der Waals surface area contributed by atoms with Gasteiger partial charge in [-0.2, -0.15) is 11.3 Å². The minimum atomic E-state index is -0.0796. The van der Waals surface area contributed by atoms with Crippen molar-refractivity contribution in [1.82, 2.24) is 10.2 Å². The third-order valence-electron chi connectivity index (χ3n) is 5.16. The zero-order valence-corrected chi connectivity index (χ0v) is 16.5. The van der Waals surface area contributed by atoms with Gasteiger partial charge < -0.3 is 19.7 Å². The fraction of sp³-hybridized carbons (Fsp3) is 0.429. The summed E-state index contributed by atoms with van der Waals surface area (Å²) in [5.74, 6) is 1.60. The third kappa shape index (κ3) is 4.14. The Morgan fingerprint density at radius 1 is 1.18 bits per heavy atom. The van der Waals surface area contributed by atoms with E-state index in [1.54, 1.807) is 6.07 Å². The fourth-order valence-corrected chi connectivity index (χ4v) is 4.40. The highest BCUT2D eigenvalue weighted by Gasteiger charge is 2.30. The van der Waals surface area contributed by atoms with Crippen molar-refractivity contribution in [3.05, 3.63) is 46.2 Å². The summed E-state index contributed by atoms with van der Waals surface area (Å²) in [5, 5.41) is 6.58. The molecular weight excluding hydrogens is 376 g/mol. The first-order valence-electron chi connectivity index (χ1n) is 9.72. The number of fused-ring (bicyclic) bond motifs is 1. The van der Waals surface area contributed by atoms with Gasteiger partial charge in [0.15, 0.2) is 11.5 Å². The first-order valence-corrected chi connectivity index (χ1v) is 10.7. The van der Waals surface area contributed by atoms with Gasteiger partial charge in [-0.25, -0.2) is 0 Å². The number of likely N-dealkylation sites (tertiary alicyclic amines) is 1. The van der Waals surface area contributed by atoms with Gasteiger partial charge in [0.05, 0.1) is 6.04 Å². The van der Waals surface area contributed by atoms with E-state index in [4.69, 9.17) is 9.47 Å². The smallest absolute Gasteiger partial charge is 0.252 e. The van der Waals surface area contributed by atoms with Crippen molar-refractivity contribution in [2.24, 2.45) is 0 Å². The molecule has 1 aromatic heterocycles. The Hall–Kier alpha value is -2.54. The van der Waals surface area contributed by atoms with Gasteiger partial charge in [0, 0.05) is 30.5 Å². The van der Waals surface area contributed by atoms with Crippen LogP contribution in [0.25, 0.3) is 0 Å². The van der Waals surface area contributed by atoms with E-state index in [0.29, 0.717) is 38.2 Å². The normalized spacial score (nSPS) is 18.1. The van der Waals surface area contributed by atoms with E-state index in [0.717, 1.165) is 36.4 Å². The molecule has 0 bridgehead atoms. The zero-order chi connectivity index (χ0) is 19.3. The highest BCUT2D eigenvalue weighted by atomic mass is 32.1. The minimum absolute atomic E-state index is 0.0796. The second kappa shape index (κ2) is 8.65. The molecule has 3 heterocycles. The summed E-state index contributed by atoms with van der Waals surface area (Å²) in [6, 6.07) is 7.86. The first-order chi connectivity index (χ1) is 13.7. The number of hydrogen-bond donors (Lipinski definition) is 1. The van der Waals surface area contributed by atoms with Crippen LogP contribution in [0, 0.1) is 0 Å². The lowest BCUT2D eigenvalue weighted by Crippen LogP contribution is -2.31. The molecule has 28 heavy (non-hydrogen) atoms. The lowest BCUT2D eigenvalue weighted by atomic mass is 10.0. The number of nitrogens with zero attached hydrogens (tertiary/aromatic N) is 1. The quantitative estimate of drug-likeness (QED) is 0.755. The van der Waals surface area contributed by atoms with Crippen molar-refractivity contribution in [2.45, 2.75) is 31.7 Å². The molecule has 1 saturated heterocycles. The predicted molar refractivity (Wildman–Crippen MR) is 107 cm³/mol. The summed E-state index contributed by atoms with van der Waals surface area (Å²) in [6.45, 7) is 2.41. The number of ether oxygens (including phenoxy) is 2. The van der Waals surface area contributed by atoms with Gasteiger partial charge in [-0.15, -0.1) is 0 Å². The van der Waals surface area contributed by atoms with Crippen molar-refractivity contribution < 1.29 is 19.1 Å².